The molecule has 1 atom stereocenters. The number of carbonyl (C=O) groups is 2. The van der Waals surface area contributed by atoms with Gasteiger partial charge < -0.3 is 10.2 Å². The average Bonchev–Trinajstić information content (AvgIpc) is 3.17. The molecule has 1 aliphatic rings. The van der Waals surface area contributed by atoms with Gasteiger partial charge in [0.05, 0.1) is 5.69 Å². The van der Waals surface area contributed by atoms with Crippen molar-refractivity contribution in [2.45, 2.75) is 32.7 Å². The van der Waals surface area contributed by atoms with E-state index in [2.05, 4.69) is 51.9 Å². The predicted molar refractivity (Wildman–Crippen MR) is 118 cm³/mol. The predicted octanol–water partition coefficient (Wildman–Crippen LogP) is 3.23. The lowest BCUT2D eigenvalue weighted by atomic mass is 9.94. The molecule has 0 bridgehead atoms. The minimum Gasteiger partial charge on any atom is -0.345 e. The lowest BCUT2D eigenvalue weighted by Gasteiger charge is -2.27. The number of rotatable bonds is 4. The van der Waals surface area contributed by atoms with Crippen LogP contribution in [0.15, 0.2) is 54.6 Å². The number of amides is 2. The summed E-state index contributed by atoms with van der Waals surface area (Å²) in [5.41, 5.74) is 4.26. The molecular weight excluding hydrogens is 376 g/mol. The maximum atomic E-state index is 12.6. The zero-order chi connectivity index (χ0) is 21.1. The van der Waals surface area contributed by atoms with Crippen molar-refractivity contribution < 1.29 is 9.59 Å². The standard InChI is InChI=1S/C24H26N4O2/c1-16(14-20-15-17(2)26-27-20)25-23(29)24(30)28-12-10-19(11-13-28)22-9-5-7-18-6-3-4-8-21(18)22/h3-10,15-16H,11-14H2,1-2H3,(H,25,29)(H,26,27). The number of hydrogen-bond acceptors (Lipinski definition) is 3. The minimum absolute atomic E-state index is 0.171. The van der Waals surface area contributed by atoms with E-state index in [9.17, 15) is 9.59 Å². The third-order valence-corrected chi connectivity index (χ3v) is 5.48. The van der Waals surface area contributed by atoms with Crippen molar-refractivity contribution in [2.24, 2.45) is 0 Å². The van der Waals surface area contributed by atoms with Gasteiger partial charge in [-0.1, -0.05) is 48.5 Å². The van der Waals surface area contributed by atoms with Gasteiger partial charge in [-0.15, -0.1) is 0 Å². The summed E-state index contributed by atoms with van der Waals surface area (Å²) in [6.07, 6.45) is 3.37. The Hall–Kier alpha value is -3.41. The van der Waals surface area contributed by atoms with Gasteiger partial charge in [0.1, 0.15) is 0 Å². The van der Waals surface area contributed by atoms with Crippen LogP contribution in [0.1, 0.15) is 30.3 Å². The van der Waals surface area contributed by atoms with Gasteiger partial charge in [-0.25, -0.2) is 0 Å². The van der Waals surface area contributed by atoms with Crippen molar-refractivity contribution in [2.75, 3.05) is 13.1 Å². The normalized spacial score (nSPS) is 15.0. The quantitative estimate of drug-likeness (QED) is 0.658. The Morgan fingerprint density at radius 3 is 2.73 bits per heavy atom. The van der Waals surface area contributed by atoms with Crippen LogP contribution >= 0.6 is 0 Å². The smallest absolute Gasteiger partial charge is 0.312 e. The molecule has 1 aromatic heterocycles. The summed E-state index contributed by atoms with van der Waals surface area (Å²) in [5.74, 6) is -1.04. The number of aromatic amines is 1. The van der Waals surface area contributed by atoms with Gasteiger partial charge in [0.25, 0.3) is 0 Å². The van der Waals surface area contributed by atoms with Crippen LogP contribution in [0.4, 0.5) is 0 Å². The highest BCUT2D eigenvalue weighted by molar-refractivity contribution is 6.35. The topological polar surface area (TPSA) is 78.1 Å². The van der Waals surface area contributed by atoms with Crippen LogP contribution in [0.3, 0.4) is 0 Å². The fourth-order valence-electron chi connectivity index (χ4n) is 3.98. The molecule has 0 spiro atoms. The molecule has 6 nitrogen and oxygen atoms in total. The van der Waals surface area contributed by atoms with E-state index in [-0.39, 0.29) is 6.04 Å². The highest BCUT2D eigenvalue weighted by Gasteiger charge is 2.25. The third kappa shape index (κ3) is 4.27. The number of fused-ring (bicyclic) bond motifs is 1. The summed E-state index contributed by atoms with van der Waals surface area (Å²) in [5, 5.41) is 12.3. The molecule has 6 heteroatoms. The Labute approximate surface area is 176 Å². The van der Waals surface area contributed by atoms with E-state index in [1.165, 1.54) is 21.9 Å². The molecule has 4 rings (SSSR count). The van der Waals surface area contributed by atoms with E-state index >= 15 is 0 Å². The lowest BCUT2D eigenvalue weighted by molar-refractivity contribution is -0.145. The maximum Gasteiger partial charge on any atom is 0.312 e. The van der Waals surface area contributed by atoms with E-state index in [4.69, 9.17) is 0 Å². The number of nitrogens with one attached hydrogen (secondary N) is 2. The molecule has 0 saturated carbocycles. The number of hydrogen-bond donors (Lipinski definition) is 2. The summed E-state index contributed by atoms with van der Waals surface area (Å²) in [6.45, 7) is 4.79. The first-order chi connectivity index (χ1) is 14.5. The van der Waals surface area contributed by atoms with Crippen LogP contribution in [0.2, 0.25) is 0 Å². The van der Waals surface area contributed by atoms with Crippen molar-refractivity contribution in [1.82, 2.24) is 20.4 Å². The van der Waals surface area contributed by atoms with Crippen LogP contribution < -0.4 is 5.32 Å². The first-order valence-corrected chi connectivity index (χ1v) is 10.3. The molecule has 2 aromatic carbocycles. The fourth-order valence-corrected chi connectivity index (χ4v) is 3.98. The monoisotopic (exact) mass is 402 g/mol. The summed E-state index contributed by atoms with van der Waals surface area (Å²) in [4.78, 5) is 26.6. The Morgan fingerprint density at radius 1 is 1.20 bits per heavy atom. The molecule has 0 saturated heterocycles. The van der Waals surface area contributed by atoms with Crippen LogP contribution in [-0.2, 0) is 16.0 Å². The van der Waals surface area contributed by atoms with Gasteiger partial charge in [-0.3, -0.25) is 14.7 Å². The van der Waals surface area contributed by atoms with Gasteiger partial charge in [0, 0.05) is 31.2 Å². The summed E-state index contributed by atoms with van der Waals surface area (Å²) in [6, 6.07) is 16.4. The molecule has 30 heavy (non-hydrogen) atoms. The molecular formula is C24H26N4O2. The molecule has 2 N–H and O–H groups in total. The van der Waals surface area contributed by atoms with Gasteiger partial charge in [-0.05, 0) is 48.2 Å². The molecule has 1 unspecified atom stereocenters. The van der Waals surface area contributed by atoms with E-state index in [1.807, 2.05) is 32.0 Å². The molecule has 1 aliphatic heterocycles. The Balaban J connectivity index is 1.38. The van der Waals surface area contributed by atoms with E-state index in [0.29, 0.717) is 19.5 Å². The van der Waals surface area contributed by atoms with Crippen molar-refractivity contribution >= 4 is 28.2 Å². The number of H-pyrrole nitrogens is 1. The molecule has 0 radical (unpaired) electrons. The Kier molecular flexibility index (Phi) is 5.65. The summed E-state index contributed by atoms with van der Waals surface area (Å²) in [7, 11) is 0. The summed E-state index contributed by atoms with van der Waals surface area (Å²) >= 11 is 0. The third-order valence-electron chi connectivity index (χ3n) is 5.48. The first-order valence-electron chi connectivity index (χ1n) is 10.3. The zero-order valence-electron chi connectivity index (χ0n) is 17.3. The van der Waals surface area contributed by atoms with Crippen molar-refractivity contribution in [1.29, 1.82) is 0 Å². The maximum absolute atomic E-state index is 12.6. The van der Waals surface area contributed by atoms with E-state index in [0.717, 1.165) is 17.8 Å². The number of aromatic nitrogens is 2. The number of carbonyl (C=O) groups excluding carboxylic acids is 2. The summed E-state index contributed by atoms with van der Waals surface area (Å²) < 4.78 is 0. The molecule has 3 aromatic rings. The second-order valence-corrected chi connectivity index (χ2v) is 7.88. The van der Waals surface area contributed by atoms with Gasteiger partial charge in [0.2, 0.25) is 0 Å². The van der Waals surface area contributed by atoms with Gasteiger partial charge >= 0.3 is 11.8 Å². The molecule has 154 valence electrons. The zero-order valence-corrected chi connectivity index (χ0v) is 17.3. The van der Waals surface area contributed by atoms with Crippen LogP contribution in [0.5, 0.6) is 0 Å². The molecule has 2 amide bonds. The van der Waals surface area contributed by atoms with Crippen molar-refractivity contribution in [3.8, 4) is 0 Å². The first kappa shape index (κ1) is 19.9. The number of benzene rings is 2. The fraction of sp³-hybridized carbons (Fsp3) is 0.292. The number of aryl methyl sites for hydroxylation is 1. The SMILES string of the molecule is Cc1cc(CC(C)NC(=O)C(=O)N2CC=C(c3cccc4ccccc34)CC2)n[nH]1. The largest absolute Gasteiger partial charge is 0.345 e. The Morgan fingerprint density at radius 2 is 2.00 bits per heavy atom. The van der Waals surface area contributed by atoms with Gasteiger partial charge in [-0.2, -0.15) is 5.10 Å². The second kappa shape index (κ2) is 8.53. The van der Waals surface area contributed by atoms with Crippen LogP contribution in [0.25, 0.3) is 16.3 Å². The molecule has 0 fully saturated rings. The van der Waals surface area contributed by atoms with Crippen LogP contribution in [-0.4, -0.2) is 46.0 Å². The lowest BCUT2D eigenvalue weighted by Crippen LogP contribution is -2.47. The molecule has 0 aliphatic carbocycles. The van der Waals surface area contributed by atoms with Gasteiger partial charge in [0.15, 0.2) is 0 Å². The second-order valence-electron chi connectivity index (χ2n) is 7.88. The number of nitrogens with zero attached hydrogens (tertiary/aromatic N) is 2. The van der Waals surface area contributed by atoms with E-state index < -0.39 is 11.8 Å². The van der Waals surface area contributed by atoms with Crippen LogP contribution in [0, 0.1) is 6.92 Å². The van der Waals surface area contributed by atoms with Crippen molar-refractivity contribution in [3.05, 3.63) is 71.6 Å². The van der Waals surface area contributed by atoms with Crippen molar-refractivity contribution in [3.63, 3.8) is 0 Å². The molecule has 2 heterocycles. The minimum atomic E-state index is -0.559. The van der Waals surface area contributed by atoms with E-state index in [1.54, 1.807) is 4.90 Å². The highest BCUT2D eigenvalue weighted by Crippen LogP contribution is 2.29. The highest BCUT2D eigenvalue weighted by atomic mass is 16.2. The Bertz CT molecular complexity index is 1110. The average molecular weight is 402 g/mol.